The molecule has 0 aliphatic heterocycles. The monoisotopic (exact) mass is 440 g/mol. The van der Waals surface area contributed by atoms with Crippen molar-refractivity contribution in [2.24, 2.45) is 0 Å². The summed E-state index contributed by atoms with van der Waals surface area (Å²) >= 11 is 0. The number of carbonyl (C=O) groups excluding carboxylic acids is 2. The molecule has 0 saturated carbocycles. The first-order chi connectivity index (χ1) is 15.4. The average molecular weight is 440 g/mol. The van der Waals surface area contributed by atoms with Gasteiger partial charge in [0.2, 0.25) is 0 Å². The van der Waals surface area contributed by atoms with Gasteiger partial charge in [-0.25, -0.2) is 18.7 Å². The number of esters is 2. The van der Waals surface area contributed by atoms with E-state index in [4.69, 9.17) is 14.2 Å². The number of benzene rings is 2. The predicted molar refractivity (Wildman–Crippen MR) is 116 cm³/mol. The van der Waals surface area contributed by atoms with E-state index in [1.165, 1.54) is 37.1 Å². The fourth-order valence-electron chi connectivity index (χ4n) is 3.21. The number of halogens is 1. The Bertz CT molecular complexity index is 1110. The number of hydrogen-bond acceptors (Lipinski definition) is 6. The van der Waals surface area contributed by atoms with Gasteiger partial charge >= 0.3 is 11.9 Å². The minimum atomic E-state index is -0.763. The maximum absolute atomic E-state index is 14.1. The van der Waals surface area contributed by atoms with Crippen molar-refractivity contribution in [3.05, 3.63) is 71.2 Å². The van der Waals surface area contributed by atoms with Crippen molar-refractivity contribution in [2.45, 2.75) is 33.0 Å². The van der Waals surface area contributed by atoms with Gasteiger partial charge in [0.1, 0.15) is 17.1 Å². The fraction of sp³-hybridized carbons (Fsp3) is 0.292. The van der Waals surface area contributed by atoms with Crippen molar-refractivity contribution in [1.29, 1.82) is 0 Å². The van der Waals surface area contributed by atoms with Crippen molar-refractivity contribution in [1.82, 2.24) is 9.78 Å². The van der Waals surface area contributed by atoms with E-state index in [9.17, 15) is 14.0 Å². The van der Waals surface area contributed by atoms with Gasteiger partial charge in [-0.2, -0.15) is 5.10 Å². The molecule has 1 atom stereocenters. The molecule has 168 valence electrons. The molecule has 0 saturated heterocycles. The first-order valence-corrected chi connectivity index (χ1v) is 10.2. The van der Waals surface area contributed by atoms with E-state index < -0.39 is 17.8 Å². The molecule has 2 aromatic carbocycles. The van der Waals surface area contributed by atoms with Crippen LogP contribution in [-0.4, -0.2) is 42.0 Å². The molecule has 0 fully saturated rings. The molecule has 32 heavy (non-hydrogen) atoms. The molecular weight excluding hydrogens is 415 g/mol. The summed E-state index contributed by atoms with van der Waals surface area (Å²) in [5.74, 6) is -1.97. The van der Waals surface area contributed by atoms with Crippen molar-refractivity contribution in [3.63, 3.8) is 0 Å². The van der Waals surface area contributed by atoms with Crippen LogP contribution in [0.4, 0.5) is 4.39 Å². The molecule has 0 radical (unpaired) electrons. The number of nitrogens with zero attached hydrogens (tertiary/aromatic N) is 2. The average Bonchev–Trinajstić information content (AvgIpc) is 3.22. The molecule has 0 N–H and O–H groups in total. The van der Waals surface area contributed by atoms with Gasteiger partial charge in [-0.05, 0) is 49.2 Å². The second kappa shape index (κ2) is 10.2. The van der Waals surface area contributed by atoms with Crippen LogP contribution >= 0.6 is 0 Å². The predicted octanol–water partition coefficient (Wildman–Crippen LogP) is 4.57. The second-order valence-corrected chi connectivity index (χ2v) is 7.13. The molecule has 8 heteroatoms. The van der Waals surface area contributed by atoms with E-state index in [0.29, 0.717) is 16.8 Å². The van der Waals surface area contributed by atoms with Crippen molar-refractivity contribution in [2.75, 3.05) is 14.2 Å². The Kier molecular flexibility index (Phi) is 7.37. The summed E-state index contributed by atoms with van der Waals surface area (Å²) in [6.45, 7) is 4.00. The third-order valence-corrected chi connectivity index (χ3v) is 5.08. The maximum Gasteiger partial charge on any atom is 0.357 e. The van der Waals surface area contributed by atoms with Gasteiger partial charge in [-0.1, -0.05) is 25.1 Å². The van der Waals surface area contributed by atoms with Crippen LogP contribution in [-0.2, 0) is 20.8 Å². The number of ether oxygens (including phenoxy) is 3. The van der Waals surface area contributed by atoms with Gasteiger partial charge < -0.3 is 14.2 Å². The summed E-state index contributed by atoms with van der Waals surface area (Å²) in [6, 6.07) is 13.0. The Hall–Kier alpha value is -3.52. The molecule has 0 aliphatic carbocycles. The third kappa shape index (κ3) is 4.70. The summed E-state index contributed by atoms with van der Waals surface area (Å²) in [5, 5.41) is 4.56. The lowest BCUT2D eigenvalue weighted by Crippen LogP contribution is -2.15. The van der Waals surface area contributed by atoms with Crippen molar-refractivity contribution >= 4 is 11.9 Å². The fourth-order valence-corrected chi connectivity index (χ4v) is 3.21. The number of aromatic nitrogens is 2. The van der Waals surface area contributed by atoms with Crippen LogP contribution in [0.3, 0.4) is 0 Å². The van der Waals surface area contributed by atoms with Crippen LogP contribution in [0.5, 0.6) is 0 Å². The molecule has 1 heterocycles. The van der Waals surface area contributed by atoms with Crippen LogP contribution in [0.15, 0.2) is 48.5 Å². The molecule has 1 aromatic heterocycles. The minimum Gasteiger partial charge on any atom is -0.465 e. The molecular formula is C24H25FN2O5. The van der Waals surface area contributed by atoms with Crippen molar-refractivity contribution < 1.29 is 28.2 Å². The van der Waals surface area contributed by atoms with Crippen LogP contribution in [0.1, 0.15) is 46.7 Å². The Morgan fingerprint density at radius 3 is 2.38 bits per heavy atom. The summed E-state index contributed by atoms with van der Waals surface area (Å²) < 4.78 is 31.1. The zero-order valence-corrected chi connectivity index (χ0v) is 18.4. The van der Waals surface area contributed by atoms with Crippen LogP contribution < -0.4 is 0 Å². The second-order valence-electron chi connectivity index (χ2n) is 7.13. The zero-order valence-electron chi connectivity index (χ0n) is 18.4. The highest BCUT2D eigenvalue weighted by Gasteiger charge is 2.32. The lowest BCUT2D eigenvalue weighted by molar-refractivity contribution is 0.0509. The van der Waals surface area contributed by atoms with Gasteiger partial charge in [0.05, 0.1) is 32.6 Å². The number of rotatable bonds is 8. The van der Waals surface area contributed by atoms with Crippen LogP contribution in [0.25, 0.3) is 16.9 Å². The lowest BCUT2D eigenvalue weighted by Gasteiger charge is -2.14. The van der Waals surface area contributed by atoms with Gasteiger partial charge in [-0.3, -0.25) is 0 Å². The Balaban J connectivity index is 2.28. The minimum absolute atomic E-state index is 0.0429. The third-order valence-electron chi connectivity index (χ3n) is 5.08. The van der Waals surface area contributed by atoms with E-state index in [1.54, 1.807) is 24.3 Å². The van der Waals surface area contributed by atoms with Crippen LogP contribution in [0, 0.1) is 5.82 Å². The van der Waals surface area contributed by atoms with E-state index in [2.05, 4.69) is 5.10 Å². The lowest BCUT2D eigenvalue weighted by atomic mass is 10.00. The Morgan fingerprint density at radius 1 is 1.06 bits per heavy atom. The first kappa shape index (κ1) is 23.1. The molecule has 0 spiro atoms. The summed E-state index contributed by atoms with van der Waals surface area (Å²) in [5.41, 5.74) is 1.51. The van der Waals surface area contributed by atoms with E-state index in [0.717, 1.165) is 6.42 Å². The topological polar surface area (TPSA) is 79.7 Å². The van der Waals surface area contributed by atoms with Gasteiger partial charge in [0.15, 0.2) is 5.69 Å². The number of para-hydroxylation sites is 1. The molecule has 0 amide bonds. The Morgan fingerprint density at radius 2 is 1.75 bits per heavy atom. The maximum atomic E-state index is 14.1. The van der Waals surface area contributed by atoms with Crippen molar-refractivity contribution in [3.8, 4) is 16.9 Å². The summed E-state index contributed by atoms with van der Waals surface area (Å²) in [7, 11) is 2.43. The van der Waals surface area contributed by atoms with Gasteiger partial charge in [-0.15, -0.1) is 0 Å². The Labute approximate surface area is 185 Å². The summed E-state index contributed by atoms with van der Waals surface area (Å²) in [6.07, 6.45) is 0.742. The normalized spacial score (nSPS) is 11.8. The molecule has 1 unspecified atom stereocenters. The smallest absolute Gasteiger partial charge is 0.357 e. The molecule has 7 nitrogen and oxygen atoms in total. The highest BCUT2D eigenvalue weighted by atomic mass is 19.1. The van der Waals surface area contributed by atoms with E-state index in [-0.39, 0.29) is 29.7 Å². The standard InChI is InChI=1S/C24H25FN2O5/c1-5-15(2)32-14-16-13-17(25)11-12-19(16)21-20(23(28)30-3)22(24(29)31-4)27(26-21)18-9-7-6-8-10-18/h6-13,15H,5,14H2,1-4H3. The molecule has 0 aliphatic rings. The highest BCUT2D eigenvalue weighted by molar-refractivity contribution is 6.07. The van der Waals surface area contributed by atoms with Gasteiger partial charge in [0, 0.05) is 5.56 Å². The largest absolute Gasteiger partial charge is 0.465 e. The quantitative estimate of drug-likeness (QED) is 0.478. The zero-order chi connectivity index (χ0) is 23.3. The van der Waals surface area contributed by atoms with E-state index >= 15 is 0 Å². The number of methoxy groups -OCH3 is 2. The molecule has 3 rings (SSSR count). The van der Waals surface area contributed by atoms with E-state index in [1.807, 2.05) is 19.9 Å². The number of carbonyl (C=O) groups is 2. The summed E-state index contributed by atoms with van der Waals surface area (Å²) in [4.78, 5) is 25.5. The van der Waals surface area contributed by atoms with Crippen LogP contribution in [0.2, 0.25) is 0 Å². The number of hydrogen-bond donors (Lipinski definition) is 0. The molecule has 3 aromatic rings. The highest BCUT2D eigenvalue weighted by Crippen LogP contribution is 2.32. The first-order valence-electron chi connectivity index (χ1n) is 10.2. The SMILES string of the molecule is CCC(C)OCc1cc(F)ccc1-c1nn(-c2ccccc2)c(C(=O)OC)c1C(=O)OC. The van der Waals surface area contributed by atoms with Gasteiger partial charge in [0.25, 0.3) is 0 Å². The molecule has 0 bridgehead atoms.